The van der Waals surface area contributed by atoms with E-state index >= 15 is 0 Å². The van der Waals surface area contributed by atoms with Crippen LogP contribution in [-0.2, 0) is 9.47 Å². The molecule has 3 aliphatic rings. The van der Waals surface area contributed by atoms with Crippen molar-refractivity contribution in [1.82, 2.24) is 0 Å². The van der Waals surface area contributed by atoms with Crippen LogP contribution in [0, 0.1) is 17.3 Å². The Balaban J connectivity index is 1.89. The highest BCUT2D eigenvalue weighted by Crippen LogP contribution is 2.49. The Morgan fingerprint density at radius 2 is 1.42 bits per heavy atom. The molecule has 220 valence electrons. The Kier molecular flexibility index (Phi) is 8.81. The zero-order valence-corrected chi connectivity index (χ0v) is 25.1. The Morgan fingerprint density at radius 1 is 0.895 bits per heavy atom. The van der Waals surface area contributed by atoms with Gasteiger partial charge in [0.2, 0.25) is 0 Å². The molecule has 0 saturated heterocycles. The fourth-order valence-electron chi connectivity index (χ4n) is 6.16. The number of hydrogen-bond acceptors (Lipinski definition) is 7. The molecule has 38 heavy (non-hydrogen) atoms. The SMILES string of the molecule is C=C1C(OC2CC(C)(C(C)C)CCC2(C)O)CC(O)(C(C)C)CC1OC1CC(C(C)(C)O)=CC(O)C1(C)O. The number of rotatable bonds is 7. The fourth-order valence-corrected chi connectivity index (χ4v) is 6.16. The minimum absolute atomic E-state index is 0.0317. The van der Waals surface area contributed by atoms with E-state index < -0.39 is 52.9 Å². The summed E-state index contributed by atoms with van der Waals surface area (Å²) in [4.78, 5) is 0. The molecule has 0 amide bonds. The van der Waals surface area contributed by atoms with E-state index in [-0.39, 0.29) is 24.2 Å². The summed E-state index contributed by atoms with van der Waals surface area (Å²) in [6, 6.07) is 0. The van der Waals surface area contributed by atoms with Crippen molar-refractivity contribution in [1.29, 1.82) is 0 Å². The molecule has 3 rings (SSSR count). The van der Waals surface area contributed by atoms with Crippen molar-refractivity contribution in [3.63, 3.8) is 0 Å². The summed E-state index contributed by atoms with van der Waals surface area (Å²) >= 11 is 0. The molecular weight excluding hydrogens is 484 g/mol. The Labute approximate surface area is 229 Å². The van der Waals surface area contributed by atoms with Crippen molar-refractivity contribution < 1.29 is 35.0 Å². The third-order valence-electron chi connectivity index (χ3n) is 10.4. The van der Waals surface area contributed by atoms with Crippen LogP contribution < -0.4 is 0 Å². The molecule has 0 bridgehead atoms. The van der Waals surface area contributed by atoms with Gasteiger partial charge in [0.05, 0.1) is 41.2 Å². The summed E-state index contributed by atoms with van der Waals surface area (Å²) < 4.78 is 13.2. The Morgan fingerprint density at radius 3 is 1.89 bits per heavy atom. The Bertz CT molecular complexity index is 898. The van der Waals surface area contributed by atoms with E-state index in [0.717, 1.165) is 6.42 Å². The first-order valence-electron chi connectivity index (χ1n) is 14.4. The van der Waals surface area contributed by atoms with Crippen molar-refractivity contribution >= 4 is 0 Å². The maximum Gasteiger partial charge on any atom is 0.118 e. The summed E-state index contributed by atoms with van der Waals surface area (Å²) in [6.45, 7) is 21.6. The maximum atomic E-state index is 11.7. The van der Waals surface area contributed by atoms with E-state index in [9.17, 15) is 25.5 Å². The first-order chi connectivity index (χ1) is 17.1. The van der Waals surface area contributed by atoms with E-state index in [1.54, 1.807) is 13.8 Å². The van der Waals surface area contributed by atoms with Gasteiger partial charge in [-0.05, 0) is 75.4 Å². The minimum Gasteiger partial charge on any atom is -0.389 e. The van der Waals surface area contributed by atoms with Crippen LogP contribution in [0.25, 0.3) is 0 Å². The second-order valence-electron chi connectivity index (χ2n) is 14.5. The summed E-state index contributed by atoms with van der Waals surface area (Å²) in [5.41, 5.74) is -3.60. The molecule has 0 aliphatic heterocycles. The number of aliphatic hydroxyl groups is 5. The second kappa shape index (κ2) is 10.6. The Hall–Kier alpha value is -0.800. The van der Waals surface area contributed by atoms with Crippen molar-refractivity contribution in [3.05, 3.63) is 23.8 Å². The monoisotopic (exact) mass is 538 g/mol. The molecule has 5 N–H and O–H groups in total. The van der Waals surface area contributed by atoms with E-state index in [1.807, 2.05) is 20.8 Å². The van der Waals surface area contributed by atoms with Gasteiger partial charge in [0.25, 0.3) is 0 Å². The van der Waals surface area contributed by atoms with Crippen LogP contribution >= 0.6 is 0 Å². The summed E-state index contributed by atoms with van der Waals surface area (Å²) in [6.07, 6.45) is 0.938. The van der Waals surface area contributed by atoms with Crippen molar-refractivity contribution in [2.45, 2.75) is 154 Å². The summed E-state index contributed by atoms with van der Waals surface area (Å²) in [5.74, 6) is 0.339. The van der Waals surface area contributed by atoms with Gasteiger partial charge in [-0.3, -0.25) is 0 Å². The lowest BCUT2D eigenvalue weighted by molar-refractivity contribution is -0.208. The van der Waals surface area contributed by atoms with Crippen molar-refractivity contribution in [3.8, 4) is 0 Å². The number of ether oxygens (including phenoxy) is 2. The molecule has 7 heteroatoms. The standard InChI is InChI=1S/C31H54O7/c1-18(2)28(8)11-12-29(9,34)26(17-28)38-23-16-31(36,19(3)4)15-22(20(23)5)37-25-14-21(27(6,7)33)13-24(32)30(25,10)35/h13,18-19,22-26,32-36H,5,11-12,14-17H2,1-4,6-10H3. The number of hydrogen-bond donors (Lipinski definition) is 5. The zero-order valence-electron chi connectivity index (χ0n) is 25.1. The van der Waals surface area contributed by atoms with Gasteiger partial charge in [-0.25, -0.2) is 0 Å². The van der Waals surface area contributed by atoms with Gasteiger partial charge >= 0.3 is 0 Å². The first-order valence-corrected chi connectivity index (χ1v) is 14.4. The lowest BCUT2D eigenvalue weighted by atomic mass is 9.63. The average molecular weight is 539 g/mol. The zero-order chi connectivity index (χ0) is 29.1. The normalized spacial score (nSPS) is 45.0. The molecule has 0 spiro atoms. The predicted molar refractivity (Wildman–Crippen MR) is 149 cm³/mol. The largest absolute Gasteiger partial charge is 0.389 e. The van der Waals surface area contributed by atoms with Gasteiger partial charge < -0.3 is 35.0 Å². The molecule has 3 aliphatic carbocycles. The van der Waals surface area contributed by atoms with Crippen LogP contribution in [0.2, 0.25) is 0 Å². The molecular formula is C31H54O7. The lowest BCUT2D eigenvalue weighted by Crippen LogP contribution is -2.58. The van der Waals surface area contributed by atoms with Crippen LogP contribution in [0.1, 0.15) is 101 Å². The predicted octanol–water partition coefficient (Wildman–Crippen LogP) is 4.04. The summed E-state index contributed by atoms with van der Waals surface area (Å²) in [7, 11) is 0. The fraction of sp³-hybridized carbons (Fsp3) is 0.871. The third kappa shape index (κ3) is 6.24. The smallest absolute Gasteiger partial charge is 0.118 e. The minimum atomic E-state index is -1.59. The van der Waals surface area contributed by atoms with Crippen LogP contribution in [0.3, 0.4) is 0 Å². The molecule has 9 unspecified atom stereocenters. The molecule has 0 aromatic rings. The molecule has 0 heterocycles. The highest BCUT2D eigenvalue weighted by atomic mass is 16.5. The van der Waals surface area contributed by atoms with Crippen LogP contribution in [0.5, 0.6) is 0 Å². The molecule has 2 fully saturated rings. The van der Waals surface area contributed by atoms with Crippen molar-refractivity contribution in [2.75, 3.05) is 0 Å². The van der Waals surface area contributed by atoms with Crippen LogP contribution in [0.15, 0.2) is 23.8 Å². The molecule has 0 radical (unpaired) electrons. The topological polar surface area (TPSA) is 120 Å². The molecule has 2 saturated carbocycles. The highest BCUT2D eigenvalue weighted by molar-refractivity contribution is 5.26. The van der Waals surface area contributed by atoms with Crippen molar-refractivity contribution in [2.24, 2.45) is 17.3 Å². The maximum absolute atomic E-state index is 11.7. The van der Waals surface area contributed by atoms with E-state index in [0.29, 0.717) is 36.3 Å². The van der Waals surface area contributed by atoms with Gasteiger partial charge in [-0.2, -0.15) is 0 Å². The van der Waals surface area contributed by atoms with E-state index in [4.69, 9.17) is 9.47 Å². The van der Waals surface area contributed by atoms with E-state index in [2.05, 4.69) is 27.4 Å². The summed E-state index contributed by atoms with van der Waals surface area (Å²) in [5, 5.41) is 55.5. The second-order valence-corrected chi connectivity index (χ2v) is 14.5. The van der Waals surface area contributed by atoms with Gasteiger partial charge in [-0.1, -0.05) is 47.3 Å². The van der Waals surface area contributed by atoms with Gasteiger partial charge in [0.1, 0.15) is 11.7 Å². The molecule has 7 nitrogen and oxygen atoms in total. The third-order valence-corrected chi connectivity index (χ3v) is 10.4. The molecule has 0 aromatic carbocycles. The highest BCUT2D eigenvalue weighted by Gasteiger charge is 2.52. The molecule has 9 atom stereocenters. The van der Waals surface area contributed by atoms with Gasteiger partial charge in [0.15, 0.2) is 0 Å². The van der Waals surface area contributed by atoms with Crippen LogP contribution in [0.4, 0.5) is 0 Å². The lowest BCUT2D eigenvalue weighted by Gasteiger charge is -2.52. The van der Waals surface area contributed by atoms with Crippen LogP contribution in [-0.4, -0.2) is 78.5 Å². The average Bonchev–Trinajstić information content (AvgIpc) is 2.76. The molecule has 0 aromatic heterocycles. The van der Waals surface area contributed by atoms with E-state index in [1.165, 1.54) is 13.0 Å². The first kappa shape index (κ1) is 31.7. The van der Waals surface area contributed by atoms with Gasteiger partial charge in [0, 0.05) is 19.3 Å². The number of aliphatic hydroxyl groups excluding tert-OH is 1. The quantitative estimate of drug-likeness (QED) is 0.310. The van der Waals surface area contributed by atoms with Gasteiger partial charge in [-0.15, -0.1) is 0 Å².